The lowest BCUT2D eigenvalue weighted by Gasteiger charge is -2.40. The van der Waals surface area contributed by atoms with Gasteiger partial charge in [-0.1, -0.05) is 18.2 Å². The van der Waals surface area contributed by atoms with Crippen LogP contribution in [0.15, 0.2) is 35.9 Å². The van der Waals surface area contributed by atoms with Gasteiger partial charge in [0.05, 0.1) is 38.2 Å². The van der Waals surface area contributed by atoms with E-state index in [1.807, 2.05) is 18.2 Å². The number of aliphatic hydroxyl groups is 2. The summed E-state index contributed by atoms with van der Waals surface area (Å²) in [6.45, 7) is 0.669. The van der Waals surface area contributed by atoms with Crippen LogP contribution in [-0.2, 0) is 19.1 Å². The number of rotatable bonds is 10. The number of amides is 2. The molecule has 170 valence electrons. The molecule has 4 unspecified atom stereocenters. The molecular weight excluding hydrogens is 404 g/mol. The van der Waals surface area contributed by atoms with E-state index in [2.05, 4.69) is 5.32 Å². The molecule has 0 aromatic heterocycles. The van der Waals surface area contributed by atoms with Crippen molar-refractivity contribution in [2.45, 2.75) is 30.6 Å². The van der Waals surface area contributed by atoms with Gasteiger partial charge in [-0.25, -0.2) is 0 Å². The predicted octanol–water partition coefficient (Wildman–Crippen LogP) is -0.179. The number of aliphatic hydroxyl groups excluding tert-OH is 2. The van der Waals surface area contributed by atoms with Crippen molar-refractivity contribution in [3.63, 3.8) is 0 Å². The molecule has 1 aliphatic carbocycles. The van der Waals surface area contributed by atoms with Gasteiger partial charge in [0.1, 0.15) is 18.0 Å². The summed E-state index contributed by atoms with van der Waals surface area (Å²) in [5.41, 5.74) is 1.21. The first-order valence-electron chi connectivity index (χ1n) is 10.3. The quantitative estimate of drug-likeness (QED) is 0.468. The van der Waals surface area contributed by atoms with E-state index in [0.29, 0.717) is 11.3 Å². The number of methoxy groups -OCH3 is 2. The number of fused-ring (bicyclic) bond motifs is 3. The highest BCUT2D eigenvalue weighted by molar-refractivity contribution is 5.96. The number of carbonyl (C=O) groups excluding carboxylic acids is 2. The first kappa shape index (κ1) is 23.2. The molecular formula is C22H30N2O7. The molecule has 9 nitrogen and oxygen atoms in total. The molecule has 1 aromatic carbocycles. The second-order valence-electron chi connectivity index (χ2n) is 7.50. The van der Waals surface area contributed by atoms with Crippen molar-refractivity contribution in [3.8, 4) is 5.75 Å². The van der Waals surface area contributed by atoms with Crippen LogP contribution in [0, 0.1) is 0 Å². The van der Waals surface area contributed by atoms with E-state index in [9.17, 15) is 14.7 Å². The molecule has 2 amide bonds. The lowest BCUT2D eigenvalue weighted by Crippen LogP contribution is -2.56. The number of para-hydroxylation sites is 1. The smallest absolute Gasteiger partial charge is 0.247 e. The van der Waals surface area contributed by atoms with Crippen LogP contribution < -0.4 is 10.1 Å². The van der Waals surface area contributed by atoms with Gasteiger partial charge in [0.15, 0.2) is 0 Å². The first-order valence-corrected chi connectivity index (χ1v) is 10.3. The standard InChI is InChI=1S/C22H30N2O7/c1-29-11-7-18(26)24(9-12-30-2)16-13-15(22(28)23-8-10-25)19-14-5-3-4-6-17(14)31-21(19)20(16)27/h3-6,13,16,19-21,25,27H,7-12H2,1-2H3,(H,23,28). The van der Waals surface area contributed by atoms with Crippen LogP contribution in [0.5, 0.6) is 5.75 Å². The monoisotopic (exact) mass is 434 g/mol. The highest BCUT2D eigenvalue weighted by atomic mass is 16.5. The van der Waals surface area contributed by atoms with E-state index in [1.54, 1.807) is 12.1 Å². The Balaban J connectivity index is 1.99. The zero-order chi connectivity index (χ0) is 22.4. The lowest BCUT2D eigenvalue weighted by molar-refractivity contribution is -0.138. The van der Waals surface area contributed by atoms with Crippen LogP contribution in [-0.4, -0.2) is 92.3 Å². The number of hydrogen-bond donors (Lipinski definition) is 3. The van der Waals surface area contributed by atoms with Crippen LogP contribution >= 0.6 is 0 Å². The van der Waals surface area contributed by atoms with Gasteiger partial charge in [0, 0.05) is 38.4 Å². The number of benzene rings is 1. The zero-order valence-electron chi connectivity index (χ0n) is 17.8. The summed E-state index contributed by atoms with van der Waals surface area (Å²) in [7, 11) is 3.05. The Bertz CT molecular complexity index is 813. The van der Waals surface area contributed by atoms with Crippen LogP contribution in [0.3, 0.4) is 0 Å². The Labute approximate surface area is 181 Å². The van der Waals surface area contributed by atoms with E-state index in [4.69, 9.17) is 19.3 Å². The van der Waals surface area contributed by atoms with Crippen LogP contribution in [0.1, 0.15) is 17.9 Å². The summed E-state index contributed by atoms with van der Waals surface area (Å²) in [5, 5.41) is 23.0. The molecule has 0 bridgehead atoms. The average molecular weight is 434 g/mol. The summed E-state index contributed by atoms with van der Waals surface area (Å²) < 4.78 is 16.2. The molecule has 3 rings (SSSR count). The first-order chi connectivity index (χ1) is 15.0. The molecule has 31 heavy (non-hydrogen) atoms. The molecule has 0 radical (unpaired) electrons. The summed E-state index contributed by atoms with van der Waals surface area (Å²) in [5.74, 6) is -0.452. The molecule has 2 aliphatic rings. The lowest BCUT2D eigenvalue weighted by atomic mass is 9.77. The Morgan fingerprint density at radius 3 is 2.65 bits per heavy atom. The molecule has 1 aromatic rings. The van der Waals surface area contributed by atoms with Gasteiger partial charge < -0.3 is 34.6 Å². The fourth-order valence-corrected chi connectivity index (χ4v) is 4.15. The van der Waals surface area contributed by atoms with E-state index in [0.717, 1.165) is 5.56 Å². The third-order valence-electron chi connectivity index (χ3n) is 5.61. The van der Waals surface area contributed by atoms with Crippen molar-refractivity contribution >= 4 is 11.8 Å². The van der Waals surface area contributed by atoms with Gasteiger partial charge in [-0.05, 0) is 12.1 Å². The highest BCUT2D eigenvalue weighted by Crippen LogP contribution is 2.47. The van der Waals surface area contributed by atoms with Gasteiger partial charge in [-0.15, -0.1) is 0 Å². The predicted molar refractivity (Wildman–Crippen MR) is 112 cm³/mol. The maximum absolute atomic E-state index is 13.0. The molecule has 1 aliphatic heterocycles. The molecule has 0 saturated heterocycles. The largest absolute Gasteiger partial charge is 0.486 e. The number of carbonyl (C=O) groups is 2. The summed E-state index contributed by atoms with van der Waals surface area (Å²) in [6, 6.07) is 6.57. The van der Waals surface area contributed by atoms with Gasteiger partial charge in [-0.2, -0.15) is 0 Å². The summed E-state index contributed by atoms with van der Waals surface area (Å²) in [4.78, 5) is 27.4. The molecule has 0 fully saturated rings. The fraction of sp³-hybridized carbons (Fsp3) is 0.545. The van der Waals surface area contributed by atoms with Crippen molar-refractivity contribution in [3.05, 3.63) is 41.5 Å². The van der Waals surface area contributed by atoms with Crippen LogP contribution in [0.25, 0.3) is 0 Å². The highest BCUT2D eigenvalue weighted by Gasteiger charge is 2.50. The third kappa shape index (κ3) is 4.90. The second kappa shape index (κ2) is 10.7. The van der Waals surface area contributed by atoms with Gasteiger partial charge in [0.2, 0.25) is 11.8 Å². The van der Waals surface area contributed by atoms with Crippen molar-refractivity contribution < 1.29 is 34.0 Å². The molecule has 1 heterocycles. The molecule has 0 spiro atoms. The Morgan fingerprint density at radius 1 is 1.19 bits per heavy atom. The van der Waals surface area contributed by atoms with Crippen molar-refractivity contribution in [1.29, 1.82) is 0 Å². The zero-order valence-corrected chi connectivity index (χ0v) is 17.8. The number of nitrogens with one attached hydrogen (secondary N) is 1. The minimum absolute atomic E-state index is 0.101. The van der Waals surface area contributed by atoms with Crippen molar-refractivity contribution in [1.82, 2.24) is 10.2 Å². The number of hydrogen-bond acceptors (Lipinski definition) is 7. The van der Waals surface area contributed by atoms with Crippen molar-refractivity contribution in [2.75, 3.05) is 47.1 Å². The van der Waals surface area contributed by atoms with E-state index < -0.39 is 24.2 Å². The number of ether oxygens (including phenoxy) is 3. The molecule has 9 heteroatoms. The van der Waals surface area contributed by atoms with Crippen molar-refractivity contribution in [2.24, 2.45) is 0 Å². The van der Waals surface area contributed by atoms with E-state index in [1.165, 1.54) is 19.1 Å². The fourth-order valence-electron chi connectivity index (χ4n) is 4.15. The summed E-state index contributed by atoms with van der Waals surface area (Å²) in [6.07, 6.45) is 0.0146. The van der Waals surface area contributed by atoms with Crippen LogP contribution in [0.4, 0.5) is 0 Å². The maximum Gasteiger partial charge on any atom is 0.247 e. The third-order valence-corrected chi connectivity index (χ3v) is 5.61. The Morgan fingerprint density at radius 2 is 1.94 bits per heavy atom. The maximum atomic E-state index is 13.0. The SMILES string of the molecule is COCCC(=O)N(CCOC)C1C=C(C(=O)NCCO)C2c3ccccc3OC2C1O. The van der Waals surface area contributed by atoms with Crippen LogP contribution in [0.2, 0.25) is 0 Å². The Hall–Kier alpha value is -2.46. The normalized spacial score (nSPS) is 23.9. The van der Waals surface area contributed by atoms with Gasteiger partial charge >= 0.3 is 0 Å². The summed E-state index contributed by atoms with van der Waals surface area (Å²) >= 11 is 0. The molecule has 3 N–H and O–H groups in total. The topological polar surface area (TPSA) is 118 Å². The van der Waals surface area contributed by atoms with Gasteiger partial charge in [-0.3, -0.25) is 9.59 Å². The minimum Gasteiger partial charge on any atom is -0.486 e. The molecule has 4 atom stereocenters. The number of nitrogens with zero attached hydrogens (tertiary/aromatic N) is 1. The van der Waals surface area contributed by atoms with Gasteiger partial charge in [0.25, 0.3) is 0 Å². The van der Waals surface area contributed by atoms with E-state index >= 15 is 0 Å². The minimum atomic E-state index is -1.05. The second-order valence-corrected chi connectivity index (χ2v) is 7.50. The molecule has 0 saturated carbocycles. The van der Waals surface area contributed by atoms with E-state index in [-0.39, 0.29) is 51.1 Å². The average Bonchev–Trinajstić information content (AvgIpc) is 3.17. The Kier molecular flexibility index (Phi) is 8.03.